The average molecular weight is 221 g/mol. The number of hydrogen-bond acceptors (Lipinski definition) is 1. The first-order valence-corrected chi connectivity index (χ1v) is 5.78. The van der Waals surface area contributed by atoms with E-state index in [2.05, 4.69) is 5.32 Å². The summed E-state index contributed by atoms with van der Waals surface area (Å²) in [6, 6.07) is -0.0708. The molecule has 2 fully saturated rings. The van der Waals surface area contributed by atoms with Gasteiger partial charge in [-0.05, 0) is 44.4 Å². The van der Waals surface area contributed by atoms with Crippen molar-refractivity contribution >= 4 is 0 Å². The van der Waals surface area contributed by atoms with Gasteiger partial charge in [0.1, 0.15) is 0 Å². The summed E-state index contributed by atoms with van der Waals surface area (Å²) in [7, 11) is 0. The Labute approximate surface area is 88.4 Å². The lowest BCUT2D eigenvalue weighted by molar-refractivity contribution is -0.139. The quantitative estimate of drug-likeness (QED) is 0.752. The van der Waals surface area contributed by atoms with Crippen LogP contribution in [-0.4, -0.2) is 18.3 Å². The molecule has 2 aliphatic carbocycles. The van der Waals surface area contributed by atoms with E-state index < -0.39 is 18.6 Å². The molecule has 2 rings (SSSR count). The van der Waals surface area contributed by atoms with Crippen molar-refractivity contribution in [1.29, 1.82) is 0 Å². The van der Waals surface area contributed by atoms with Crippen LogP contribution in [-0.2, 0) is 0 Å². The number of hydrogen-bond donors (Lipinski definition) is 1. The molecular formula is C11H18F3N. The van der Waals surface area contributed by atoms with Gasteiger partial charge in [-0.15, -0.1) is 0 Å². The summed E-state index contributed by atoms with van der Waals surface area (Å²) in [6.45, 7) is 1.64. The lowest BCUT2D eigenvalue weighted by atomic mass is 10.1. The van der Waals surface area contributed by atoms with Gasteiger partial charge in [-0.2, -0.15) is 13.2 Å². The second-order valence-electron chi connectivity index (χ2n) is 5.09. The number of nitrogens with one attached hydrogen (secondary N) is 1. The van der Waals surface area contributed by atoms with Crippen molar-refractivity contribution in [3.63, 3.8) is 0 Å². The Morgan fingerprint density at radius 2 is 1.60 bits per heavy atom. The predicted octanol–water partition coefficient (Wildman–Crippen LogP) is 3.11. The van der Waals surface area contributed by atoms with Crippen molar-refractivity contribution in [1.82, 2.24) is 5.32 Å². The van der Waals surface area contributed by atoms with Gasteiger partial charge >= 0.3 is 6.18 Å². The summed E-state index contributed by atoms with van der Waals surface area (Å²) in [5.74, 6) is 1.32. The van der Waals surface area contributed by atoms with Crippen LogP contribution in [0.5, 0.6) is 0 Å². The molecule has 2 saturated carbocycles. The maximum Gasteiger partial charge on any atom is 0.390 e. The van der Waals surface area contributed by atoms with Gasteiger partial charge in [0.05, 0.1) is 6.42 Å². The summed E-state index contributed by atoms with van der Waals surface area (Å²) < 4.78 is 36.4. The van der Waals surface area contributed by atoms with Crippen LogP contribution in [0.15, 0.2) is 0 Å². The first kappa shape index (κ1) is 11.2. The first-order valence-electron chi connectivity index (χ1n) is 5.78. The molecule has 0 saturated heterocycles. The molecule has 0 radical (unpaired) electrons. The van der Waals surface area contributed by atoms with Crippen LogP contribution in [0.3, 0.4) is 0 Å². The van der Waals surface area contributed by atoms with Crippen LogP contribution in [0.2, 0.25) is 0 Å². The van der Waals surface area contributed by atoms with Gasteiger partial charge in [-0.1, -0.05) is 0 Å². The molecule has 15 heavy (non-hydrogen) atoms. The monoisotopic (exact) mass is 221 g/mol. The van der Waals surface area contributed by atoms with Crippen LogP contribution in [0, 0.1) is 11.8 Å². The zero-order valence-electron chi connectivity index (χ0n) is 8.98. The standard InChI is InChI=1S/C11H18F3N/c1-7(6-11(12,13)14)15-10(8-2-3-8)9-4-5-9/h7-10,15H,2-6H2,1H3. The van der Waals surface area contributed by atoms with Crippen molar-refractivity contribution < 1.29 is 13.2 Å². The van der Waals surface area contributed by atoms with E-state index in [0.29, 0.717) is 17.9 Å². The third-order valence-corrected chi connectivity index (χ3v) is 3.27. The van der Waals surface area contributed by atoms with Crippen LogP contribution in [0.4, 0.5) is 13.2 Å². The number of rotatable bonds is 5. The smallest absolute Gasteiger partial charge is 0.311 e. The minimum Gasteiger partial charge on any atom is -0.311 e. The second-order valence-corrected chi connectivity index (χ2v) is 5.09. The molecule has 0 bridgehead atoms. The highest BCUT2D eigenvalue weighted by molar-refractivity contribution is 4.97. The van der Waals surface area contributed by atoms with Crippen molar-refractivity contribution in [2.45, 2.75) is 57.3 Å². The van der Waals surface area contributed by atoms with Crippen molar-refractivity contribution in [2.75, 3.05) is 0 Å². The molecule has 0 amide bonds. The highest BCUT2D eigenvalue weighted by Crippen LogP contribution is 2.44. The Hall–Kier alpha value is -0.250. The largest absolute Gasteiger partial charge is 0.390 e. The Kier molecular flexibility index (Phi) is 2.97. The maximum atomic E-state index is 12.1. The van der Waals surface area contributed by atoms with E-state index in [1.807, 2.05) is 0 Å². The van der Waals surface area contributed by atoms with E-state index in [-0.39, 0.29) is 0 Å². The maximum absolute atomic E-state index is 12.1. The SMILES string of the molecule is CC(CC(F)(F)F)NC(C1CC1)C1CC1. The Morgan fingerprint density at radius 1 is 1.13 bits per heavy atom. The average Bonchev–Trinajstić information content (AvgIpc) is 2.92. The van der Waals surface area contributed by atoms with Gasteiger partial charge in [0.2, 0.25) is 0 Å². The van der Waals surface area contributed by atoms with Gasteiger partial charge in [0.15, 0.2) is 0 Å². The topological polar surface area (TPSA) is 12.0 Å². The molecule has 0 heterocycles. The summed E-state index contributed by atoms with van der Waals surface area (Å²) in [4.78, 5) is 0. The van der Waals surface area contributed by atoms with Crippen LogP contribution >= 0.6 is 0 Å². The first-order chi connectivity index (χ1) is 6.96. The second kappa shape index (κ2) is 3.96. The molecular weight excluding hydrogens is 203 g/mol. The molecule has 0 aromatic rings. The van der Waals surface area contributed by atoms with E-state index in [9.17, 15) is 13.2 Å². The van der Waals surface area contributed by atoms with Gasteiger partial charge in [0, 0.05) is 12.1 Å². The van der Waals surface area contributed by atoms with Gasteiger partial charge in [-0.3, -0.25) is 0 Å². The summed E-state index contributed by atoms with van der Waals surface area (Å²) >= 11 is 0. The molecule has 0 aliphatic heterocycles. The fourth-order valence-corrected chi connectivity index (χ4v) is 2.30. The van der Waals surface area contributed by atoms with E-state index in [4.69, 9.17) is 0 Å². The highest BCUT2D eigenvalue weighted by Gasteiger charge is 2.42. The van der Waals surface area contributed by atoms with Crippen molar-refractivity contribution in [3.8, 4) is 0 Å². The highest BCUT2D eigenvalue weighted by atomic mass is 19.4. The third-order valence-electron chi connectivity index (χ3n) is 3.27. The van der Waals surface area contributed by atoms with Crippen LogP contribution < -0.4 is 5.32 Å². The predicted molar refractivity (Wildman–Crippen MR) is 52.5 cm³/mol. The van der Waals surface area contributed by atoms with Gasteiger partial charge in [0.25, 0.3) is 0 Å². The minimum atomic E-state index is -4.04. The zero-order valence-corrected chi connectivity index (χ0v) is 8.98. The van der Waals surface area contributed by atoms with E-state index in [1.54, 1.807) is 6.92 Å². The molecule has 0 aromatic heterocycles. The normalized spacial score (nSPS) is 24.6. The molecule has 88 valence electrons. The van der Waals surface area contributed by atoms with Crippen LogP contribution in [0.1, 0.15) is 39.0 Å². The summed E-state index contributed by atoms with van der Waals surface area (Å²) in [5.41, 5.74) is 0. The Morgan fingerprint density at radius 3 is 1.93 bits per heavy atom. The van der Waals surface area contributed by atoms with E-state index in [1.165, 1.54) is 25.7 Å². The van der Waals surface area contributed by atoms with Crippen molar-refractivity contribution in [3.05, 3.63) is 0 Å². The van der Waals surface area contributed by atoms with E-state index >= 15 is 0 Å². The fourth-order valence-electron chi connectivity index (χ4n) is 2.30. The Balaban J connectivity index is 1.78. The minimum absolute atomic E-state index is 0.363. The molecule has 0 spiro atoms. The summed E-state index contributed by atoms with van der Waals surface area (Å²) in [5, 5.41) is 3.18. The number of alkyl halides is 3. The molecule has 1 N–H and O–H groups in total. The molecule has 2 aliphatic rings. The lowest BCUT2D eigenvalue weighted by Crippen LogP contribution is -2.41. The fraction of sp³-hybridized carbons (Fsp3) is 1.00. The third kappa shape index (κ3) is 3.67. The lowest BCUT2D eigenvalue weighted by Gasteiger charge is -2.23. The molecule has 0 aromatic carbocycles. The zero-order chi connectivity index (χ0) is 11.1. The molecule has 1 unspecified atom stereocenters. The molecule has 1 nitrogen and oxygen atoms in total. The Bertz CT molecular complexity index is 206. The molecule has 1 atom stereocenters. The number of halogens is 3. The summed E-state index contributed by atoms with van der Waals surface area (Å²) in [6.07, 6.45) is 0.0621. The van der Waals surface area contributed by atoms with Gasteiger partial charge < -0.3 is 5.32 Å². The van der Waals surface area contributed by atoms with Crippen LogP contribution in [0.25, 0.3) is 0 Å². The van der Waals surface area contributed by atoms with Gasteiger partial charge in [-0.25, -0.2) is 0 Å². The molecule has 4 heteroatoms. The van der Waals surface area contributed by atoms with E-state index in [0.717, 1.165) is 0 Å². The van der Waals surface area contributed by atoms with Crippen molar-refractivity contribution in [2.24, 2.45) is 11.8 Å².